The zero-order chi connectivity index (χ0) is 30.9. The summed E-state index contributed by atoms with van der Waals surface area (Å²) in [5.41, 5.74) is 0.891. The Balaban J connectivity index is 1.26. The van der Waals surface area contributed by atoms with Crippen molar-refractivity contribution in [3.8, 4) is 0 Å². The van der Waals surface area contributed by atoms with E-state index >= 15 is 0 Å². The van der Waals surface area contributed by atoms with Crippen LogP contribution in [-0.2, 0) is 14.4 Å². The number of carbonyl (C=O) groups excluding carboxylic acids is 4. The summed E-state index contributed by atoms with van der Waals surface area (Å²) in [6.07, 6.45) is 13.0. The molecule has 0 bridgehead atoms. The van der Waals surface area contributed by atoms with E-state index in [-0.39, 0.29) is 57.7 Å². The standard InChI is InChI=1S/C32H37Cl3N4O4/c1-2-3-4-5-6-7-8-9-10-11-12-22-17-28(40)38(32(22)43)24-15-13-21(14-16-24)31(42)36-27-20-29(41)39(37-27)30-25(34)18-23(33)19-26(30)35/h13-16,18-19,22H,2-12,17,20H2,1H3,(H,36,37,42). The molecule has 2 aromatic rings. The third-order valence-corrected chi connectivity index (χ3v) is 8.56. The molecule has 2 aromatic carbocycles. The van der Waals surface area contributed by atoms with Gasteiger partial charge in [-0.15, -0.1) is 0 Å². The highest BCUT2D eigenvalue weighted by Gasteiger charge is 2.39. The van der Waals surface area contributed by atoms with Crippen molar-refractivity contribution in [2.45, 2.75) is 90.4 Å². The molecular formula is C32H37Cl3N4O4. The number of rotatable bonds is 14. The number of hydrogen-bond acceptors (Lipinski definition) is 5. The van der Waals surface area contributed by atoms with Gasteiger partial charge in [0.2, 0.25) is 11.8 Å². The first-order valence-corrected chi connectivity index (χ1v) is 16.2. The highest BCUT2D eigenvalue weighted by Crippen LogP contribution is 2.38. The molecule has 1 N–H and O–H groups in total. The van der Waals surface area contributed by atoms with Gasteiger partial charge in [-0.3, -0.25) is 24.1 Å². The first-order valence-electron chi connectivity index (χ1n) is 15.0. The molecule has 0 radical (unpaired) electrons. The van der Waals surface area contributed by atoms with Crippen LogP contribution in [0.15, 0.2) is 41.5 Å². The lowest BCUT2D eigenvalue weighted by Gasteiger charge is -2.16. The molecule has 230 valence electrons. The lowest BCUT2D eigenvalue weighted by atomic mass is 9.98. The van der Waals surface area contributed by atoms with E-state index < -0.39 is 11.8 Å². The van der Waals surface area contributed by atoms with Crippen molar-refractivity contribution in [3.05, 3.63) is 57.0 Å². The largest absolute Gasteiger partial charge is 0.308 e. The molecule has 43 heavy (non-hydrogen) atoms. The quantitative estimate of drug-likeness (QED) is 0.165. The summed E-state index contributed by atoms with van der Waals surface area (Å²) in [5.74, 6) is -1.50. The number of unbranched alkanes of at least 4 members (excludes halogenated alkanes) is 9. The van der Waals surface area contributed by atoms with Gasteiger partial charge >= 0.3 is 0 Å². The van der Waals surface area contributed by atoms with Crippen LogP contribution in [0, 0.1) is 5.92 Å². The predicted octanol–water partition coefficient (Wildman–Crippen LogP) is 8.32. The molecule has 8 nitrogen and oxygen atoms in total. The van der Waals surface area contributed by atoms with Crippen molar-refractivity contribution in [3.63, 3.8) is 0 Å². The van der Waals surface area contributed by atoms with Crippen LogP contribution in [0.1, 0.15) is 101 Å². The molecule has 1 atom stereocenters. The molecule has 1 unspecified atom stereocenters. The second kappa shape index (κ2) is 15.7. The highest BCUT2D eigenvalue weighted by atomic mass is 35.5. The fourth-order valence-corrected chi connectivity index (χ4v) is 6.42. The third kappa shape index (κ3) is 8.58. The van der Waals surface area contributed by atoms with Gasteiger partial charge in [0.05, 0.1) is 22.2 Å². The molecule has 2 aliphatic heterocycles. The van der Waals surface area contributed by atoms with E-state index in [1.807, 2.05) is 0 Å². The van der Waals surface area contributed by atoms with Gasteiger partial charge in [0.25, 0.3) is 11.8 Å². The average molecular weight is 648 g/mol. The van der Waals surface area contributed by atoms with Crippen molar-refractivity contribution in [1.29, 1.82) is 0 Å². The fraction of sp³-hybridized carbons (Fsp3) is 0.469. The Kier molecular flexibility index (Phi) is 12.0. The number of amides is 4. The van der Waals surface area contributed by atoms with Gasteiger partial charge in [-0.1, -0.05) is 106 Å². The number of benzene rings is 2. The first kappa shape index (κ1) is 33.0. The van der Waals surface area contributed by atoms with Gasteiger partial charge in [-0.2, -0.15) is 10.1 Å². The SMILES string of the molecule is CCCCCCCCCCCCC1CC(=O)N(c2ccc(C(=O)NC3=NN(c4c(Cl)cc(Cl)cc4Cl)C(=O)C3)cc2)C1=O. The normalized spacial score (nSPS) is 16.8. The second-order valence-electron chi connectivity index (χ2n) is 11.1. The van der Waals surface area contributed by atoms with E-state index in [2.05, 4.69) is 17.3 Å². The van der Waals surface area contributed by atoms with Crippen LogP contribution in [0.5, 0.6) is 0 Å². The van der Waals surface area contributed by atoms with Crippen molar-refractivity contribution >= 4 is 75.6 Å². The lowest BCUT2D eigenvalue weighted by Crippen LogP contribution is -2.31. The Morgan fingerprint density at radius 2 is 1.44 bits per heavy atom. The van der Waals surface area contributed by atoms with E-state index in [1.165, 1.54) is 74.1 Å². The number of amidine groups is 1. The molecule has 4 rings (SSSR count). The van der Waals surface area contributed by atoms with Crippen molar-refractivity contribution in [1.82, 2.24) is 5.32 Å². The topological polar surface area (TPSA) is 99.2 Å². The second-order valence-corrected chi connectivity index (χ2v) is 12.3. The minimum atomic E-state index is -0.494. The van der Waals surface area contributed by atoms with Crippen molar-refractivity contribution in [2.24, 2.45) is 11.0 Å². The van der Waals surface area contributed by atoms with Crippen LogP contribution in [0.3, 0.4) is 0 Å². The summed E-state index contributed by atoms with van der Waals surface area (Å²) in [4.78, 5) is 52.4. The fourth-order valence-electron chi connectivity index (χ4n) is 5.45. The summed E-state index contributed by atoms with van der Waals surface area (Å²) < 4.78 is 0. The molecular weight excluding hydrogens is 611 g/mol. The monoisotopic (exact) mass is 646 g/mol. The zero-order valence-electron chi connectivity index (χ0n) is 24.3. The molecule has 0 spiro atoms. The molecule has 2 aliphatic rings. The maximum absolute atomic E-state index is 13.0. The Bertz CT molecular complexity index is 1360. The maximum atomic E-state index is 13.0. The lowest BCUT2D eigenvalue weighted by molar-refractivity contribution is -0.122. The van der Waals surface area contributed by atoms with E-state index in [1.54, 1.807) is 12.1 Å². The van der Waals surface area contributed by atoms with Crippen LogP contribution in [0.4, 0.5) is 11.4 Å². The summed E-state index contributed by atoms with van der Waals surface area (Å²) in [6, 6.07) is 9.11. The number of anilines is 2. The van der Waals surface area contributed by atoms with Crippen LogP contribution in [0.25, 0.3) is 0 Å². The van der Waals surface area contributed by atoms with Gasteiger partial charge in [0.15, 0.2) is 0 Å². The Morgan fingerprint density at radius 3 is 2.05 bits per heavy atom. The van der Waals surface area contributed by atoms with Crippen molar-refractivity contribution < 1.29 is 19.2 Å². The van der Waals surface area contributed by atoms with Gasteiger partial charge in [-0.25, -0.2) is 0 Å². The molecule has 1 fully saturated rings. The Morgan fingerprint density at radius 1 is 0.860 bits per heavy atom. The van der Waals surface area contributed by atoms with Gasteiger partial charge in [0, 0.05) is 22.9 Å². The van der Waals surface area contributed by atoms with Crippen molar-refractivity contribution in [2.75, 3.05) is 9.91 Å². The van der Waals surface area contributed by atoms with Gasteiger partial charge in [0.1, 0.15) is 11.5 Å². The van der Waals surface area contributed by atoms with Crippen LogP contribution in [0.2, 0.25) is 15.1 Å². The van der Waals surface area contributed by atoms with E-state index in [0.29, 0.717) is 17.1 Å². The van der Waals surface area contributed by atoms with E-state index in [0.717, 1.165) is 24.3 Å². The first-order chi connectivity index (χ1) is 20.7. The van der Waals surface area contributed by atoms with E-state index in [9.17, 15) is 19.2 Å². The number of nitrogens with zero attached hydrogens (tertiary/aromatic N) is 3. The molecule has 11 heteroatoms. The number of carbonyl (C=O) groups is 4. The Labute approximate surface area is 267 Å². The minimum absolute atomic E-state index is 0.126. The van der Waals surface area contributed by atoms with Gasteiger partial charge < -0.3 is 5.32 Å². The maximum Gasteiger partial charge on any atom is 0.256 e. The number of hydrogen-bond donors (Lipinski definition) is 1. The predicted molar refractivity (Wildman–Crippen MR) is 172 cm³/mol. The summed E-state index contributed by atoms with van der Waals surface area (Å²) in [6.45, 7) is 2.23. The zero-order valence-corrected chi connectivity index (χ0v) is 26.6. The number of hydrazone groups is 1. The summed E-state index contributed by atoms with van der Waals surface area (Å²) in [5, 5.41) is 8.46. The minimum Gasteiger partial charge on any atom is -0.308 e. The molecule has 0 saturated carbocycles. The van der Waals surface area contributed by atoms with Crippen LogP contribution < -0.4 is 15.2 Å². The molecule has 4 amide bonds. The number of nitrogens with one attached hydrogen (secondary N) is 1. The number of imide groups is 1. The summed E-state index contributed by atoms with van der Waals surface area (Å²) in [7, 11) is 0. The molecule has 0 aliphatic carbocycles. The van der Waals surface area contributed by atoms with Crippen LogP contribution >= 0.6 is 34.8 Å². The molecule has 1 saturated heterocycles. The smallest absolute Gasteiger partial charge is 0.256 e. The van der Waals surface area contributed by atoms with Gasteiger partial charge in [-0.05, 0) is 42.8 Å². The Hall–Kier alpha value is -2.94. The molecule has 0 aromatic heterocycles. The molecule has 2 heterocycles. The average Bonchev–Trinajstić information content (AvgIpc) is 3.46. The summed E-state index contributed by atoms with van der Waals surface area (Å²) >= 11 is 18.4. The third-order valence-electron chi connectivity index (χ3n) is 7.76. The van der Waals surface area contributed by atoms with E-state index in [4.69, 9.17) is 34.8 Å². The number of halogens is 3. The van der Waals surface area contributed by atoms with Crippen LogP contribution in [-0.4, -0.2) is 29.5 Å². The highest BCUT2D eigenvalue weighted by molar-refractivity contribution is 6.42.